The molecule has 0 bridgehead atoms. The number of hydrogen-bond donors (Lipinski definition) is 0. The molecule has 0 aliphatic heterocycles. The zero-order valence-electron chi connectivity index (χ0n) is 8.77. The minimum absolute atomic E-state index is 0.190. The molecule has 1 aromatic carbocycles. The molecule has 15 heavy (non-hydrogen) atoms. The van der Waals surface area contributed by atoms with Gasteiger partial charge in [0.2, 0.25) is 0 Å². The lowest BCUT2D eigenvalue weighted by Gasteiger charge is -2.08. The first kappa shape index (κ1) is 12.8. The number of hydrogen-bond acceptors (Lipinski definition) is 0. The normalized spacial score (nSPS) is 12.8. The van der Waals surface area contributed by atoms with Gasteiger partial charge in [0.25, 0.3) is 0 Å². The number of benzene rings is 1. The fraction of sp³-hybridized carbons (Fsp3) is 0.500. The van der Waals surface area contributed by atoms with Gasteiger partial charge in [0.1, 0.15) is 5.82 Å². The van der Waals surface area contributed by atoms with Crippen LogP contribution < -0.4 is 0 Å². The molecular weight excluding hydrogens is 234 g/mol. The Morgan fingerprint density at radius 1 is 1.40 bits per heavy atom. The van der Waals surface area contributed by atoms with Gasteiger partial charge < -0.3 is 0 Å². The summed E-state index contributed by atoms with van der Waals surface area (Å²) in [5.74, 6) is -0.217. The Morgan fingerprint density at radius 3 is 2.73 bits per heavy atom. The van der Waals surface area contributed by atoms with E-state index in [1.54, 1.807) is 12.1 Å². The van der Waals surface area contributed by atoms with Gasteiger partial charge in [-0.05, 0) is 37.8 Å². The van der Waals surface area contributed by atoms with Crippen molar-refractivity contribution < 1.29 is 4.39 Å². The topological polar surface area (TPSA) is 0 Å². The highest BCUT2D eigenvalue weighted by atomic mass is 35.5. The van der Waals surface area contributed by atoms with Gasteiger partial charge in [0.15, 0.2) is 0 Å². The Hall–Kier alpha value is -0.270. The molecule has 3 heteroatoms. The molecule has 1 aromatic rings. The minimum atomic E-state index is -0.217. The van der Waals surface area contributed by atoms with Crippen LogP contribution in [0.2, 0.25) is 5.02 Å². The third-order valence-corrected chi connectivity index (χ3v) is 3.33. The Labute approximate surface area is 100 Å². The molecule has 0 saturated carbocycles. The van der Waals surface area contributed by atoms with E-state index in [1.165, 1.54) is 6.07 Å². The first-order chi connectivity index (χ1) is 7.15. The van der Waals surface area contributed by atoms with Crippen molar-refractivity contribution >= 4 is 23.2 Å². The molecular formula is C12H15Cl2F. The van der Waals surface area contributed by atoms with Crippen LogP contribution in [-0.4, -0.2) is 5.38 Å². The highest BCUT2D eigenvalue weighted by Crippen LogP contribution is 2.22. The van der Waals surface area contributed by atoms with E-state index in [0.717, 1.165) is 19.3 Å². The first-order valence-corrected chi connectivity index (χ1v) is 6.03. The maximum absolute atomic E-state index is 13.3. The molecule has 0 aromatic heterocycles. The van der Waals surface area contributed by atoms with E-state index in [0.29, 0.717) is 17.0 Å². The summed E-state index contributed by atoms with van der Waals surface area (Å²) in [5, 5.41) is 0.702. The van der Waals surface area contributed by atoms with Gasteiger partial charge in [-0.25, -0.2) is 4.39 Å². The molecule has 0 saturated heterocycles. The summed E-state index contributed by atoms with van der Waals surface area (Å²) in [6, 6.07) is 4.79. The predicted octanol–water partition coefficient (Wildman–Crippen LogP) is 4.82. The van der Waals surface area contributed by atoms with Gasteiger partial charge >= 0.3 is 0 Å². The van der Waals surface area contributed by atoms with Gasteiger partial charge in [-0.15, -0.1) is 11.6 Å². The summed E-state index contributed by atoms with van der Waals surface area (Å²) in [7, 11) is 0. The smallest absolute Gasteiger partial charge is 0.127 e. The van der Waals surface area contributed by atoms with E-state index in [2.05, 4.69) is 0 Å². The number of rotatable bonds is 5. The summed E-state index contributed by atoms with van der Waals surface area (Å²) in [5.41, 5.74) is 0.610. The van der Waals surface area contributed by atoms with E-state index < -0.39 is 0 Å². The van der Waals surface area contributed by atoms with E-state index in [4.69, 9.17) is 23.2 Å². The molecule has 0 spiro atoms. The van der Waals surface area contributed by atoms with Crippen LogP contribution in [0.25, 0.3) is 0 Å². The molecule has 0 radical (unpaired) electrons. The second-order valence-corrected chi connectivity index (χ2v) is 4.62. The van der Waals surface area contributed by atoms with Crippen molar-refractivity contribution in [2.24, 2.45) is 0 Å². The predicted molar refractivity (Wildman–Crippen MR) is 64.3 cm³/mol. The zero-order chi connectivity index (χ0) is 11.3. The molecule has 0 N–H and O–H groups in total. The van der Waals surface area contributed by atoms with E-state index >= 15 is 0 Å². The Balaban J connectivity index is 2.50. The zero-order valence-corrected chi connectivity index (χ0v) is 10.3. The fourth-order valence-electron chi connectivity index (χ4n) is 1.48. The molecule has 0 fully saturated rings. The van der Waals surface area contributed by atoms with Crippen molar-refractivity contribution in [3.8, 4) is 0 Å². The summed E-state index contributed by atoms with van der Waals surface area (Å²) in [6.07, 6.45) is 3.40. The van der Waals surface area contributed by atoms with Gasteiger partial charge in [-0.1, -0.05) is 24.6 Å². The maximum atomic E-state index is 13.3. The van der Waals surface area contributed by atoms with E-state index in [-0.39, 0.29) is 11.2 Å². The van der Waals surface area contributed by atoms with E-state index in [1.807, 2.05) is 6.92 Å². The Kier molecular flexibility index (Phi) is 5.41. The molecule has 0 aliphatic rings. The van der Waals surface area contributed by atoms with Crippen molar-refractivity contribution in [3.63, 3.8) is 0 Å². The lowest BCUT2D eigenvalue weighted by molar-refractivity contribution is 0.595. The molecule has 1 atom stereocenters. The highest BCUT2D eigenvalue weighted by Gasteiger charge is 2.07. The Morgan fingerprint density at radius 2 is 2.13 bits per heavy atom. The monoisotopic (exact) mass is 248 g/mol. The second-order valence-electron chi connectivity index (χ2n) is 3.60. The minimum Gasteiger partial charge on any atom is -0.207 e. The third kappa shape index (κ3) is 4.00. The summed E-state index contributed by atoms with van der Waals surface area (Å²) >= 11 is 11.9. The third-order valence-electron chi connectivity index (χ3n) is 2.45. The van der Waals surface area contributed by atoms with Crippen molar-refractivity contribution in [1.29, 1.82) is 0 Å². The molecule has 0 heterocycles. The molecule has 1 unspecified atom stereocenters. The average molecular weight is 249 g/mol. The van der Waals surface area contributed by atoms with Gasteiger partial charge in [-0.3, -0.25) is 0 Å². The SMILES string of the molecule is CCC(Cl)CCCc1c(F)cccc1Cl. The summed E-state index contributed by atoms with van der Waals surface area (Å²) < 4.78 is 13.3. The van der Waals surface area contributed by atoms with Crippen LogP contribution in [-0.2, 0) is 6.42 Å². The summed E-state index contributed by atoms with van der Waals surface area (Å²) in [4.78, 5) is 0. The summed E-state index contributed by atoms with van der Waals surface area (Å²) in [6.45, 7) is 2.05. The van der Waals surface area contributed by atoms with Crippen molar-refractivity contribution in [2.75, 3.05) is 0 Å². The van der Waals surface area contributed by atoms with Crippen LogP contribution in [0.5, 0.6) is 0 Å². The van der Waals surface area contributed by atoms with Crippen molar-refractivity contribution in [3.05, 3.63) is 34.6 Å². The van der Waals surface area contributed by atoms with Gasteiger partial charge in [-0.2, -0.15) is 0 Å². The van der Waals surface area contributed by atoms with Crippen LogP contribution in [0.1, 0.15) is 31.7 Å². The lowest BCUT2D eigenvalue weighted by atomic mass is 10.1. The molecule has 0 aliphatic carbocycles. The fourth-order valence-corrected chi connectivity index (χ4v) is 1.89. The van der Waals surface area contributed by atoms with Crippen LogP contribution in [0.15, 0.2) is 18.2 Å². The molecule has 1 rings (SSSR count). The van der Waals surface area contributed by atoms with Crippen LogP contribution in [0.3, 0.4) is 0 Å². The van der Waals surface area contributed by atoms with Crippen LogP contribution >= 0.6 is 23.2 Å². The second kappa shape index (κ2) is 6.34. The van der Waals surface area contributed by atoms with Crippen LogP contribution in [0, 0.1) is 5.82 Å². The molecule has 0 nitrogen and oxygen atoms in total. The number of alkyl halides is 1. The van der Waals surface area contributed by atoms with Crippen molar-refractivity contribution in [2.45, 2.75) is 38.0 Å². The first-order valence-electron chi connectivity index (χ1n) is 5.22. The van der Waals surface area contributed by atoms with Crippen molar-refractivity contribution in [1.82, 2.24) is 0 Å². The molecule has 0 amide bonds. The lowest BCUT2D eigenvalue weighted by Crippen LogP contribution is -1.99. The molecule has 84 valence electrons. The quantitative estimate of drug-likeness (QED) is 0.656. The highest BCUT2D eigenvalue weighted by molar-refractivity contribution is 6.31. The Bertz CT molecular complexity index is 292. The standard InChI is InChI=1S/C12H15Cl2F/c1-2-9(13)5-3-6-10-11(14)7-4-8-12(10)15/h4,7-9H,2-3,5-6H2,1H3. The maximum Gasteiger partial charge on any atom is 0.127 e. The van der Waals surface area contributed by atoms with Gasteiger partial charge in [0.05, 0.1) is 0 Å². The van der Waals surface area contributed by atoms with E-state index in [9.17, 15) is 4.39 Å². The van der Waals surface area contributed by atoms with Crippen LogP contribution in [0.4, 0.5) is 4.39 Å². The number of halogens is 3. The average Bonchev–Trinajstić information content (AvgIpc) is 2.22. The largest absolute Gasteiger partial charge is 0.207 e. The van der Waals surface area contributed by atoms with Gasteiger partial charge in [0, 0.05) is 16.0 Å².